The lowest BCUT2D eigenvalue weighted by molar-refractivity contribution is -0.147. The second-order valence-corrected chi connectivity index (χ2v) is 5.94. The quantitative estimate of drug-likeness (QED) is 0.639. The Morgan fingerprint density at radius 3 is 2.68 bits per heavy atom. The average molecular weight is 279 g/mol. The summed E-state index contributed by atoms with van der Waals surface area (Å²) in [5.74, 6) is -0.576. The molecule has 1 aliphatic carbocycles. The van der Waals surface area contributed by atoms with Crippen molar-refractivity contribution in [2.45, 2.75) is 36.0 Å². The zero-order valence-electron chi connectivity index (χ0n) is 10.8. The number of rotatable bonds is 6. The van der Waals surface area contributed by atoms with Gasteiger partial charge < -0.3 is 10.1 Å². The van der Waals surface area contributed by atoms with E-state index in [1.165, 1.54) is 11.8 Å². The van der Waals surface area contributed by atoms with E-state index >= 15 is 0 Å². The van der Waals surface area contributed by atoms with E-state index in [9.17, 15) is 9.59 Å². The number of thioether (sulfide) groups is 1. The molecular formula is C14H17NO3S. The van der Waals surface area contributed by atoms with Gasteiger partial charge in [-0.25, -0.2) is 0 Å². The van der Waals surface area contributed by atoms with Crippen molar-refractivity contribution in [1.82, 2.24) is 5.32 Å². The fraction of sp³-hybridized carbons (Fsp3) is 0.429. The normalized spacial score (nSPS) is 15.6. The molecule has 0 radical (unpaired) electrons. The van der Waals surface area contributed by atoms with Crippen LogP contribution in [-0.2, 0) is 14.3 Å². The van der Waals surface area contributed by atoms with Crippen molar-refractivity contribution in [2.75, 3.05) is 6.61 Å². The Labute approximate surface area is 116 Å². The van der Waals surface area contributed by atoms with Gasteiger partial charge in [0.2, 0.25) is 0 Å². The van der Waals surface area contributed by atoms with E-state index in [1.54, 1.807) is 6.92 Å². The highest BCUT2D eigenvalue weighted by Gasteiger charge is 2.24. The van der Waals surface area contributed by atoms with Crippen LogP contribution >= 0.6 is 11.8 Å². The van der Waals surface area contributed by atoms with Crippen LogP contribution in [0.4, 0.5) is 0 Å². The number of hydrogen-bond donors (Lipinski definition) is 1. The molecule has 1 fully saturated rings. The van der Waals surface area contributed by atoms with E-state index in [4.69, 9.17) is 4.74 Å². The molecular weight excluding hydrogens is 262 g/mol. The summed E-state index contributed by atoms with van der Waals surface area (Å²) < 4.78 is 4.99. The van der Waals surface area contributed by atoms with Crippen molar-refractivity contribution in [3.05, 3.63) is 30.3 Å². The summed E-state index contributed by atoms with van der Waals surface area (Å²) in [4.78, 5) is 24.1. The van der Waals surface area contributed by atoms with Crippen LogP contribution in [-0.4, -0.2) is 29.8 Å². The van der Waals surface area contributed by atoms with E-state index in [0.717, 1.165) is 17.7 Å². The first-order valence-corrected chi connectivity index (χ1v) is 7.21. The SMILES string of the molecule is C[C@@H](Sc1ccccc1)C(=O)OCC(=O)NC1CC1. The summed E-state index contributed by atoms with van der Waals surface area (Å²) in [6.07, 6.45) is 2.06. The monoisotopic (exact) mass is 279 g/mol. The molecule has 1 saturated carbocycles. The molecule has 0 bridgehead atoms. The molecule has 2 rings (SSSR count). The molecule has 19 heavy (non-hydrogen) atoms. The molecule has 1 atom stereocenters. The van der Waals surface area contributed by atoms with Gasteiger partial charge in [-0.05, 0) is 31.9 Å². The molecule has 1 aliphatic rings. The first kappa shape index (κ1) is 13.9. The van der Waals surface area contributed by atoms with Crippen LogP contribution in [0.25, 0.3) is 0 Å². The van der Waals surface area contributed by atoms with Gasteiger partial charge in [0.1, 0.15) is 5.25 Å². The average Bonchev–Trinajstić information content (AvgIpc) is 3.21. The molecule has 0 aromatic heterocycles. The molecule has 5 heteroatoms. The third kappa shape index (κ3) is 4.95. The Kier molecular flexibility index (Phi) is 4.85. The van der Waals surface area contributed by atoms with Gasteiger partial charge in [0.15, 0.2) is 6.61 Å². The number of hydrogen-bond acceptors (Lipinski definition) is 4. The molecule has 0 aliphatic heterocycles. The van der Waals surface area contributed by atoms with Crippen molar-refractivity contribution in [2.24, 2.45) is 0 Å². The lowest BCUT2D eigenvalue weighted by atomic mass is 10.4. The largest absolute Gasteiger partial charge is 0.455 e. The Morgan fingerprint density at radius 1 is 1.37 bits per heavy atom. The molecule has 0 unspecified atom stereocenters. The molecule has 1 N–H and O–H groups in total. The zero-order chi connectivity index (χ0) is 13.7. The third-order valence-electron chi connectivity index (χ3n) is 2.68. The van der Waals surface area contributed by atoms with E-state index in [1.807, 2.05) is 30.3 Å². The molecule has 0 saturated heterocycles. The zero-order valence-corrected chi connectivity index (χ0v) is 11.6. The smallest absolute Gasteiger partial charge is 0.319 e. The Bertz CT molecular complexity index is 445. The van der Waals surface area contributed by atoms with Gasteiger partial charge in [0.05, 0.1) is 0 Å². The molecule has 0 heterocycles. The second kappa shape index (κ2) is 6.61. The number of esters is 1. The number of benzene rings is 1. The van der Waals surface area contributed by atoms with E-state index in [-0.39, 0.29) is 23.7 Å². The molecule has 1 aromatic rings. The van der Waals surface area contributed by atoms with Crippen molar-refractivity contribution < 1.29 is 14.3 Å². The molecule has 1 aromatic carbocycles. The van der Waals surface area contributed by atoms with Gasteiger partial charge in [-0.15, -0.1) is 11.8 Å². The standard InChI is InChI=1S/C14H17NO3S/c1-10(19-12-5-3-2-4-6-12)14(17)18-9-13(16)15-11-7-8-11/h2-6,10-11H,7-9H2,1H3,(H,15,16)/t10-/m1/s1. The maximum absolute atomic E-state index is 11.7. The van der Waals surface area contributed by atoms with Crippen LogP contribution in [0.3, 0.4) is 0 Å². The van der Waals surface area contributed by atoms with Gasteiger partial charge >= 0.3 is 5.97 Å². The highest BCUT2D eigenvalue weighted by atomic mass is 32.2. The summed E-state index contributed by atoms with van der Waals surface area (Å²) in [6.45, 7) is 1.59. The second-order valence-electron chi connectivity index (χ2n) is 4.52. The van der Waals surface area contributed by atoms with Crippen molar-refractivity contribution in [3.8, 4) is 0 Å². The molecule has 102 valence electrons. The summed E-state index contributed by atoms with van der Waals surface area (Å²) >= 11 is 1.42. The van der Waals surface area contributed by atoms with Crippen LogP contribution in [0, 0.1) is 0 Å². The lowest BCUT2D eigenvalue weighted by Crippen LogP contribution is -2.31. The van der Waals surface area contributed by atoms with Gasteiger partial charge in [-0.1, -0.05) is 18.2 Å². The predicted octanol–water partition coefficient (Wildman–Crippen LogP) is 1.99. The number of ether oxygens (including phenoxy) is 1. The molecule has 1 amide bonds. The van der Waals surface area contributed by atoms with Crippen LogP contribution in [0.1, 0.15) is 19.8 Å². The molecule has 4 nitrogen and oxygen atoms in total. The van der Waals surface area contributed by atoms with E-state index in [2.05, 4.69) is 5.32 Å². The van der Waals surface area contributed by atoms with Crippen LogP contribution in [0.15, 0.2) is 35.2 Å². The minimum absolute atomic E-state index is 0.185. The van der Waals surface area contributed by atoms with Crippen molar-refractivity contribution >= 4 is 23.6 Å². The predicted molar refractivity (Wildman–Crippen MR) is 73.9 cm³/mol. The Balaban J connectivity index is 1.71. The summed E-state index contributed by atoms with van der Waals surface area (Å²) in [7, 11) is 0. The maximum Gasteiger partial charge on any atom is 0.319 e. The van der Waals surface area contributed by atoms with Crippen LogP contribution in [0.2, 0.25) is 0 Å². The van der Waals surface area contributed by atoms with Gasteiger partial charge in [-0.3, -0.25) is 9.59 Å². The minimum Gasteiger partial charge on any atom is -0.455 e. The molecule has 0 spiro atoms. The minimum atomic E-state index is -0.361. The maximum atomic E-state index is 11.7. The van der Waals surface area contributed by atoms with Crippen LogP contribution in [0.5, 0.6) is 0 Å². The summed E-state index contributed by atoms with van der Waals surface area (Å²) in [5, 5.41) is 2.45. The summed E-state index contributed by atoms with van der Waals surface area (Å²) in [6, 6.07) is 9.94. The number of carbonyl (C=O) groups excluding carboxylic acids is 2. The Morgan fingerprint density at radius 2 is 2.05 bits per heavy atom. The number of carbonyl (C=O) groups is 2. The van der Waals surface area contributed by atoms with Crippen LogP contribution < -0.4 is 5.32 Å². The lowest BCUT2D eigenvalue weighted by Gasteiger charge is -2.11. The number of nitrogens with one attached hydrogen (secondary N) is 1. The van der Waals surface area contributed by atoms with E-state index < -0.39 is 0 Å². The summed E-state index contributed by atoms with van der Waals surface area (Å²) in [5.41, 5.74) is 0. The fourth-order valence-corrected chi connectivity index (χ4v) is 2.39. The van der Waals surface area contributed by atoms with Crippen molar-refractivity contribution in [3.63, 3.8) is 0 Å². The van der Waals surface area contributed by atoms with Gasteiger partial charge in [0, 0.05) is 10.9 Å². The Hall–Kier alpha value is -1.49. The topological polar surface area (TPSA) is 55.4 Å². The van der Waals surface area contributed by atoms with Gasteiger partial charge in [0.25, 0.3) is 5.91 Å². The van der Waals surface area contributed by atoms with Crippen molar-refractivity contribution in [1.29, 1.82) is 0 Å². The van der Waals surface area contributed by atoms with Gasteiger partial charge in [-0.2, -0.15) is 0 Å². The number of amides is 1. The highest BCUT2D eigenvalue weighted by Crippen LogP contribution is 2.23. The third-order valence-corrected chi connectivity index (χ3v) is 3.77. The first-order valence-electron chi connectivity index (χ1n) is 6.33. The fourth-order valence-electron chi connectivity index (χ4n) is 1.50. The van der Waals surface area contributed by atoms with E-state index in [0.29, 0.717) is 6.04 Å². The highest BCUT2D eigenvalue weighted by molar-refractivity contribution is 8.00. The first-order chi connectivity index (χ1) is 9.15.